The van der Waals surface area contributed by atoms with E-state index in [9.17, 15) is 32.8 Å². The van der Waals surface area contributed by atoms with E-state index in [1.165, 1.54) is 6.92 Å². The van der Waals surface area contributed by atoms with Gasteiger partial charge in [0.05, 0.1) is 19.1 Å². The molecule has 0 unspecified atom stereocenters. The van der Waals surface area contributed by atoms with Crippen molar-refractivity contribution in [2.24, 2.45) is 0 Å². The van der Waals surface area contributed by atoms with Crippen molar-refractivity contribution in [2.75, 3.05) is 13.1 Å². The molecule has 2 aliphatic rings. The third-order valence-electron chi connectivity index (χ3n) is 5.52. The molecule has 2 amide bonds. The van der Waals surface area contributed by atoms with Crippen molar-refractivity contribution in [3.05, 3.63) is 35.9 Å². The van der Waals surface area contributed by atoms with E-state index >= 15 is 0 Å². The van der Waals surface area contributed by atoms with Gasteiger partial charge >= 0.3 is 18.2 Å². The number of amides is 2. The largest absolute Gasteiger partial charge is 0.459 e. The van der Waals surface area contributed by atoms with Crippen LogP contribution in [0.4, 0.5) is 18.4 Å². The zero-order valence-corrected chi connectivity index (χ0v) is 23.2. The van der Waals surface area contributed by atoms with Crippen molar-refractivity contribution in [3.8, 4) is 0 Å². The van der Waals surface area contributed by atoms with Gasteiger partial charge in [-0.05, 0) is 54.0 Å². The van der Waals surface area contributed by atoms with Gasteiger partial charge in [0.1, 0.15) is 17.8 Å². The maximum Gasteiger partial charge on any atom is 0.411 e. The quantitative estimate of drug-likeness (QED) is 0.409. The summed E-state index contributed by atoms with van der Waals surface area (Å²) in [5, 5.41) is 0. The van der Waals surface area contributed by atoms with Crippen LogP contribution >= 0.6 is 0 Å². The van der Waals surface area contributed by atoms with E-state index in [4.69, 9.17) is 14.2 Å². The average molecular weight is 555 g/mol. The number of nitrogens with zero attached hydrogens (tertiary/aromatic N) is 2. The van der Waals surface area contributed by atoms with Crippen LogP contribution in [-0.4, -0.2) is 88.2 Å². The van der Waals surface area contributed by atoms with Crippen LogP contribution in [0, 0.1) is 0 Å². The fourth-order valence-electron chi connectivity index (χ4n) is 3.62. The number of likely N-dealkylation sites (tertiary alicyclic amines) is 2. The maximum atomic E-state index is 14.1. The highest BCUT2D eigenvalue weighted by molar-refractivity contribution is 5.99. The van der Waals surface area contributed by atoms with Crippen molar-refractivity contribution in [1.29, 1.82) is 0 Å². The molecule has 39 heavy (non-hydrogen) atoms. The number of carbonyl (C=O) groups excluding carboxylic acids is 5. The first-order valence-electron chi connectivity index (χ1n) is 12.4. The summed E-state index contributed by atoms with van der Waals surface area (Å²) < 4.78 is 42.5. The minimum absolute atomic E-state index is 0.0702. The molecule has 2 aliphatic heterocycles. The lowest BCUT2D eigenvalue weighted by Gasteiger charge is -2.27. The summed E-state index contributed by atoms with van der Waals surface area (Å²) >= 11 is 0. The molecule has 12 heteroatoms. The normalized spacial score (nSPS) is 23.2. The maximum absolute atomic E-state index is 14.1. The van der Waals surface area contributed by atoms with E-state index in [0.717, 1.165) is 15.4 Å². The first kappa shape index (κ1) is 31.6. The zero-order valence-electron chi connectivity index (χ0n) is 23.2. The topological polar surface area (TPSA) is 120 Å². The Balaban J connectivity index is 0.000000306. The third-order valence-corrected chi connectivity index (χ3v) is 5.52. The molecule has 1 aromatic rings. The Morgan fingerprint density at radius 3 is 1.74 bits per heavy atom. The van der Waals surface area contributed by atoms with E-state index in [0.29, 0.717) is 0 Å². The molecule has 0 aliphatic carbocycles. The molecular weight excluding hydrogens is 518 g/mol. The average Bonchev–Trinajstić information content (AvgIpc) is 3.26. The van der Waals surface area contributed by atoms with Gasteiger partial charge in [-0.1, -0.05) is 30.3 Å². The monoisotopic (exact) mass is 554 g/mol. The third kappa shape index (κ3) is 9.00. The molecule has 0 N–H and O–H groups in total. The smallest absolute Gasteiger partial charge is 0.411 e. The van der Waals surface area contributed by atoms with Crippen molar-refractivity contribution < 1.29 is 47.0 Å². The molecule has 0 saturated carbocycles. The molecule has 2 fully saturated rings. The molecule has 0 bridgehead atoms. The minimum Gasteiger partial charge on any atom is -0.459 e. The number of hydrogen-bond acceptors (Lipinski definition) is 8. The summed E-state index contributed by atoms with van der Waals surface area (Å²) in [7, 11) is 0. The van der Waals surface area contributed by atoms with Gasteiger partial charge in [0, 0.05) is 0 Å². The number of ether oxygens (including phenoxy) is 3. The summed E-state index contributed by atoms with van der Waals surface area (Å²) in [4.78, 5) is 60.4. The lowest BCUT2D eigenvalue weighted by Crippen LogP contribution is -2.46. The van der Waals surface area contributed by atoms with Crippen LogP contribution in [0.3, 0.4) is 0 Å². The van der Waals surface area contributed by atoms with Gasteiger partial charge in [-0.25, -0.2) is 23.2 Å². The minimum atomic E-state index is -2.11. The highest BCUT2D eigenvalue weighted by atomic mass is 19.1. The van der Waals surface area contributed by atoms with E-state index in [2.05, 4.69) is 0 Å². The Labute approximate surface area is 226 Å². The second-order valence-corrected chi connectivity index (χ2v) is 11.2. The summed E-state index contributed by atoms with van der Waals surface area (Å²) in [5.74, 6) is -2.38. The van der Waals surface area contributed by atoms with E-state index in [1.807, 2.05) is 6.07 Å². The summed E-state index contributed by atoms with van der Waals surface area (Å²) in [6, 6.07) is 6.49. The van der Waals surface area contributed by atoms with Crippen LogP contribution in [0.1, 0.15) is 54.0 Å². The van der Waals surface area contributed by atoms with Gasteiger partial charge in [0.25, 0.3) is 0 Å². The molecule has 3 rings (SSSR count). The molecule has 10 nitrogen and oxygen atoms in total. The van der Waals surface area contributed by atoms with Crippen molar-refractivity contribution >= 4 is 29.7 Å². The highest BCUT2D eigenvalue weighted by Gasteiger charge is 2.50. The summed E-state index contributed by atoms with van der Waals surface area (Å²) in [5.41, 5.74) is -0.740. The SMILES string of the molecule is CC(C)(C)OC(=O)N1CC(=O)[C@H](F)[C@H]1C(=O)OCc1ccccc1.C[C@@H]1[C@H](F)C(=O)CN1C(=O)OC(C)(C)C. The number of halogens is 2. The first-order valence-corrected chi connectivity index (χ1v) is 12.4. The molecule has 2 heterocycles. The molecule has 0 aromatic heterocycles. The molecule has 0 spiro atoms. The number of hydrogen-bond donors (Lipinski definition) is 0. The van der Waals surface area contributed by atoms with Crippen LogP contribution in [-0.2, 0) is 35.2 Å². The van der Waals surface area contributed by atoms with Gasteiger partial charge in [0.15, 0.2) is 30.0 Å². The van der Waals surface area contributed by atoms with Crippen molar-refractivity contribution in [1.82, 2.24) is 9.80 Å². The lowest BCUT2D eigenvalue weighted by atomic mass is 10.2. The predicted octanol–water partition coefficient (Wildman–Crippen LogP) is 3.79. The fourth-order valence-corrected chi connectivity index (χ4v) is 3.62. The predicted molar refractivity (Wildman–Crippen MR) is 135 cm³/mol. The van der Waals surface area contributed by atoms with Crippen LogP contribution in [0.2, 0.25) is 0 Å². The molecule has 1 aromatic carbocycles. The Bertz CT molecular complexity index is 1070. The van der Waals surface area contributed by atoms with Crippen LogP contribution in [0.5, 0.6) is 0 Å². The van der Waals surface area contributed by atoms with E-state index in [-0.39, 0.29) is 13.2 Å². The number of alkyl halides is 2. The Kier molecular flexibility index (Phi) is 10.2. The Hall–Kier alpha value is -3.57. The summed E-state index contributed by atoms with van der Waals surface area (Å²) in [6.07, 6.45) is -5.25. The molecule has 4 atom stereocenters. The number of ketones is 2. The lowest BCUT2D eigenvalue weighted by molar-refractivity contribution is -0.152. The van der Waals surface area contributed by atoms with Gasteiger partial charge in [-0.2, -0.15) is 0 Å². The standard InChI is InChI=1S/C17H20FNO5.C10H16FNO3/c1-17(2,3)24-16(22)19-9-12(20)13(18)14(19)15(21)23-10-11-7-5-4-6-8-11;1-6-8(11)7(13)5-12(6)9(14)15-10(2,3)4/h4-8,13-14H,9-10H2,1-3H3;6,8H,5H2,1-4H3/t13-,14-;6-,8+/m01/s1. The van der Waals surface area contributed by atoms with Gasteiger partial charge in [0.2, 0.25) is 0 Å². The van der Waals surface area contributed by atoms with Gasteiger partial charge in [-0.3, -0.25) is 19.4 Å². The molecule has 2 saturated heterocycles. The molecule has 0 radical (unpaired) electrons. The van der Waals surface area contributed by atoms with E-state index < -0.39 is 71.9 Å². The second-order valence-electron chi connectivity index (χ2n) is 11.2. The second kappa shape index (κ2) is 12.5. The molecule has 216 valence electrons. The molecular formula is C27H36F2N2O8. The first-order chi connectivity index (χ1) is 17.9. The van der Waals surface area contributed by atoms with E-state index in [1.54, 1.807) is 65.8 Å². The fraction of sp³-hybridized carbons (Fsp3) is 0.593. The van der Waals surface area contributed by atoms with Crippen LogP contribution in [0.25, 0.3) is 0 Å². The highest BCUT2D eigenvalue weighted by Crippen LogP contribution is 2.23. The Morgan fingerprint density at radius 1 is 0.821 bits per heavy atom. The number of rotatable bonds is 3. The van der Waals surface area contributed by atoms with Crippen LogP contribution in [0.15, 0.2) is 30.3 Å². The zero-order chi connectivity index (χ0) is 29.7. The summed E-state index contributed by atoms with van der Waals surface area (Å²) in [6.45, 7) is 10.8. The number of esters is 1. The van der Waals surface area contributed by atoms with Crippen molar-refractivity contribution in [2.45, 2.75) is 90.7 Å². The number of benzene rings is 1. The van der Waals surface area contributed by atoms with Crippen molar-refractivity contribution in [3.63, 3.8) is 0 Å². The van der Waals surface area contributed by atoms with Crippen LogP contribution < -0.4 is 0 Å². The van der Waals surface area contributed by atoms with Gasteiger partial charge < -0.3 is 14.2 Å². The van der Waals surface area contributed by atoms with Gasteiger partial charge in [-0.15, -0.1) is 0 Å². The number of Topliss-reactive ketones (excluding diaryl/α,β-unsaturated/α-hetero) is 2. The number of carbonyl (C=O) groups is 5. The Morgan fingerprint density at radius 2 is 1.28 bits per heavy atom.